The van der Waals surface area contributed by atoms with Gasteiger partial charge in [-0.25, -0.2) is 9.48 Å². The lowest BCUT2D eigenvalue weighted by Gasteiger charge is -2.03. The molecule has 4 heteroatoms. The van der Waals surface area contributed by atoms with Crippen molar-refractivity contribution >= 4 is 5.97 Å². The molecule has 1 heterocycles. The molecule has 0 spiro atoms. The Bertz CT molecular complexity index is 517. The van der Waals surface area contributed by atoms with Crippen LogP contribution in [0.3, 0.4) is 0 Å². The van der Waals surface area contributed by atoms with Gasteiger partial charge in [-0.15, -0.1) is 0 Å². The van der Waals surface area contributed by atoms with Crippen LogP contribution in [0.5, 0.6) is 0 Å². The maximum Gasteiger partial charge on any atom is 0.354 e. The van der Waals surface area contributed by atoms with Crippen LogP contribution in [0.1, 0.15) is 29.5 Å². The van der Waals surface area contributed by atoms with Crippen LogP contribution in [0.15, 0.2) is 36.4 Å². The topological polar surface area (TPSA) is 55.1 Å². The number of nitrogens with zero attached hydrogens (tertiary/aromatic N) is 2. The van der Waals surface area contributed by atoms with E-state index in [2.05, 4.69) is 5.10 Å². The van der Waals surface area contributed by atoms with Gasteiger partial charge in [-0.2, -0.15) is 5.10 Å². The second-order valence-electron chi connectivity index (χ2n) is 3.82. The summed E-state index contributed by atoms with van der Waals surface area (Å²) in [6, 6.07) is 10.9. The van der Waals surface area contributed by atoms with Crippen molar-refractivity contribution in [3.8, 4) is 5.69 Å². The van der Waals surface area contributed by atoms with Gasteiger partial charge in [0.05, 0.1) is 11.4 Å². The largest absolute Gasteiger partial charge is 0.477 e. The Balaban J connectivity index is 2.48. The summed E-state index contributed by atoms with van der Waals surface area (Å²) in [7, 11) is 0. The van der Waals surface area contributed by atoms with Crippen LogP contribution in [0.25, 0.3) is 5.69 Å². The molecule has 88 valence electrons. The van der Waals surface area contributed by atoms with Crippen LogP contribution in [0, 0.1) is 0 Å². The molecule has 4 nitrogen and oxygen atoms in total. The predicted octanol–water partition coefficient (Wildman–Crippen LogP) is 2.52. The van der Waals surface area contributed by atoms with Crippen molar-refractivity contribution in [3.63, 3.8) is 0 Å². The van der Waals surface area contributed by atoms with Crippen molar-refractivity contribution in [3.05, 3.63) is 47.8 Å². The Hall–Kier alpha value is -2.10. The SMILES string of the molecule is CCCc1cc(C(=O)O)n(-c2ccccc2)n1. The van der Waals surface area contributed by atoms with Crippen LogP contribution in [0.4, 0.5) is 0 Å². The monoisotopic (exact) mass is 230 g/mol. The summed E-state index contributed by atoms with van der Waals surface area (Å²) in [6.07, 6.45) is 1.74. The van der Waals surface area contributed by atoms with Gasteiger partial charge in [0.1, 0.15) is 0 Å². The highest BCUT2D eigenvalue weighted by Gasteiger charge is 2.14. The van der Waals surface area contributed by atoms with Crippen molar-refractivity contribution in [1.29, 1.82) is 0 Å². The summed E-state index contributed by atoms with van der Waals surface area (Å²) in [6.45, 7) is 2.04. The fourth-order valence-electron chi connectivity index (χ4n) is 1.73. The number of aromatic carboxylic acids is 1. The molecule has 0 radical (unpaired) electrons. The number of carbonyl (C=O) groups is 1. The average Bonchev–Trinajstić information content (AvgIpc) is 2.75. The van der Waals surface area contributed by atoms with E-state index in [1.54, 1.807) is 6.07 Å². The van der Waals surface area contributed by atoms with Gasteiger partial charge in [-0.05, 0) is 24.6 Å². The Labute approximate surface area is 99.5 Å². The van der Waals surface area contributed by atoms with Crippen LogP contribution < -0.4 is 0 Å². The Morgan fingerprint density at radius 3 is 2.65 bits per heavy atom. The molecular weight excluding hydrogens is 216 g/mol. The molecule has 1 N–H and O–H groups in total. The number of aromatic nitrogens is 2. The zero-order valence-corrected chi connectivity index (χ0v) is 9.63. The minimum atomic E-state index is -0.955. The first-order chi connectivity index (χ1) is 8.22. The maximum absolute atomic E-state index is 11.2. The lowest BCUT2D eigenvalue weighted by Crippen LogP contribution is -2.07. The molecule has 2 aromatic rings. The van der Waals surface area contributed by atoms with Crippen molar-refractivity contribution in [1.82, 2.24) is 9.78 Å². The molecule has 0 saturated heterocycles. The molecule has 0 atom stereocenters. The van der Waals surface area contributed by atoms with Crippen molar-refractivity contribution in [2.24, 2.45) is 0 Å². The van der Waals surface area contributed by atoms with Gasteiger partial charge in [-0.1, -0.05) is 31.5 Å². The summed E-state index contributed by atoms with van der Waals surface area (Å²) in [4.78, 5) is 11.2. The second-order valence-corrected chi connectivity index (χ2v) is 3.82. The Kier molecular flexibility index (Phi) is 3.23. The Morgan fingerprint density at radius 1 is 1.35 bits per heavy atom. The molecule has 1 aromatic carbocycles. The summed E-state index contributed by atoms with van der Waals surface area (Å²) in [5, 5.41) is 13.5. The number of carboxylic acids is 1. The van der Waals surface area contributed by atoms with E-state index >= 15 is 0 Å². The molecule has 0 unspecified atom stereocenters. The average molecular weight is 230 g/mol. The number of hydrogen-bond donors (Lipinski definition) is 1. The van der Waals surface area contributed by atoms with E-state index in [-0.39, 0.29) is 5.69 Å². The highest BCUT2D eigenvalue weighted by atomic mass is 16.4. The van der Waals surface area contributed by atoms with Gasteiger partial charge in [0.25, 0.3) is 0 Å². The van der Waals surface area contributed by atoms with E-state index in [0.717, 1.165) is 24.2 Å². The van der Waals surface area contributed by atoms with E-state index in [1.807, 2.05) is 37.3 Å². The van der Waals surface area contributed by atoms with E-state index in [9.17, 15) is 4.79 Å². The zero-order chi connectivity index (χ0) is 12.3. The second kappa shape index (κ2) is 4.82. The van der Waals surface area contributed by atoms with E-state index in [4.69, 9.17) is 5.11 Å². The van der Waals surface area contributed by atoms with Crippen molar-refractivity contribution in [2.45, 2.75) is 19.8 Å². The first kappa shape index (κ1) is 11.4. The minimum absolute atomic E-state index is 0.208. The van der Waals surface area contributed by atoms with Crippen molar-refractivity contribution in [2.75, 3.05) is 0 Å². The van der Waals surface area contributed by atoms with Crippen LogP contribution in [0.2, 0.25) is 0 Å². The molecule has 0 aliphatic rings. The van der Waals surface area contributed by atoms with Gasteiger partial charge in [-0.3, -0.25) is 0 Å². The van der Waals surface area contributed by atoms with Crippen LogP contribution in [-0.2, 0) is 6.42 Å². The fourth-order valence-corrected chi connectivity index (χ4v) is 1.73. The predicted molar refractivity (Wildman–Crippen MR) is 64.5 cm³/mol. The lowest BCUT2D eigenvalue weighted by molar-refractivity contribution is 0.0687. The number of carboxylic acid groups (broad SMARTS) is 1. The molecule has 0 aliphatic heterocycles. The standard InChI is InChI=1S/C13H14N2O2/c1-2-6-10-9-12(13(16)17)15(14-10)11-7-4-3-5-8-11/h3-5,7-9H,2,6H2,1H3,(H,16,17). The summed E-state index contributed by atoms with van der Waals surface area (Å²) in [5.41, 5.74) is 1.79. The number of benzene rings is 1. The molecule has 1 aromatic heterocycles. The quantitative estimate of drug-likeness (QED) is 0.878. The van der Waals surface area contributed by atoms with Gasteiger partial charge < -0.3 is 5.11 Å². The molecular formula is C13H14N2O2. The molecule has 0 fully saturated rings. The van der Waals surface area contributed by atoms with Crippen LogP contribution >= 0.6 is 0 Å². The highest BCUT2D eigenvalue weighted by Crippen LogP contribution is 2.13. The summed E-state index contributed by atoms with van der Waals surface area (Å²) in [5.74, 6) is -0.955. The molecule has 0 aliphatic carbocycles. The summed E-state index contributed by atoms with van der Waals surface area (Å²) < 4.78 is 1.48. The van der Waals surface area contributed by atoms with E-state index in [1.165, 1.54) is 4.68 Å². The van der Waals surface area contributed by atoms with Gasteiger partial charge in [0, 0.05) is 0 Å². The molecule has 0 bridgehead atoms. The lowest BCUT2D eigenvalue weighted by atomic mass is 10.2. The maximum atomic E-state index is 11.2. The van der Waals surface area contributed by atoms with Crippen LogP contribution in [-0.4, -0.2) is 20.9 Å². The zero-order valence-electron chi connectivity index (χ0n) is 9.63. The first-order valence-electron chi connectivity index (χ1n) is 5.60. The van der Waals surface area contributed by atoms with E-state index in [0.29, 0.717) is 0 Å². The Morgan fingerprint density at radius 2 is 2.06 bits per heavy atom. The number of para-hydroxylation sites is 1. The fraction of sp³-hybridized carbons (Fsp3) is 0.231. The minimum Gasteiger partial charge on any atom is -0.477 e. The molecule has 17 heavy (non-hydrogen) atoms. The number of rotatable bonds is 4. The highest BCUT2D eigenvalue weighted by molar-refractivity contribution is 5.86. The molecule has 0 amide bonds. The van der Waals surface area contributed by atoms with Crippen molar-refractivity contribution < 1.29 is 9.90 Å². The van der Waals surface area contributed by atoms with Gasteiger partial charge >= 0.3 is 5.97 Å². The van der Waals surface area contributed by atoms with Gasteiger partial charge in [0.15, 0.2) is 5.69 Å². The normalized spacial score (nSPS) is 10.4. The third-order valence-corrected chi connectivity index (χ3v) is 2.49. The van der Waals surface area contributed by atoms with Gasteiger partial charge in [0.2, 0.25) is 0 Å². The first-order valence-corrected chi connectivity index (χ1v) is 5.60. The third-order valence-electron chi connectivity index (χ3n) is 2.49. The number of hydrogen-bond acceptors (Lipinski definition) is 2. The molecule has 0 saturated carbocycles. The smallest absolute Gasteiger partial charge is 0.354 e. The molecule has 2 rings (SSSR count). The number of aryl methyl sites for hydroxylation is 1. The third kappa shape index (κ3) is 2.36. The van der Waals surface area contributed by atoms with E-state index < -0.39 is 5.97 Å². The summed E-state index contributed by atoms with van der Waals surface area (Å²) >= 11 is 0.